The molecule has 2 rings (SSSR count). The molecule has 23 heavy (non-hydrogen) atoms. The molecule has 5 nitrogen and oxygen atoms in total. The molecule has 0 amide bonds. The maximum Gasteiger partial charge on any atom is 0.340 e. The van der Waals surface area contributed by atoms with Crippen LogP contribution in [0.4, 0.5) is 14.5 Å². The minimum atomic E-state index is -4.08. The summed E-state index contributed by atoms with van der Waals surface area (Å²) in [5, 5.41) is 0. The molecule has 0 atom stereocenters. The van der Waals surface area contributed by atoms with Crippen LogP contribution in [0.1, 0.15) is 15.9 Å². The fourth-order valence-corrected chi connectivity index (χ4v) is 2.88. The Hall–Kier alpha value is -2.48. The molecule has 0 saturated heterocycles. The zero-order chi connectivity index (χ0) is 17.2. The van der Waals surface area contributed by atoms with Gasteiger partial charge in [0.2, 0.25) is 0 Å². The van der Waals surface area contributed by atoms with Crippen LogP contribution < -0.4 is 4.72 Å². The first kappa shape index (κ1) is 16.9. The Morgan fingerprint density at radius 1 is 1.04 bits per heavy atom. The Kier molecular flexibility index (Phi) is 4.65. The van der Waals surface area contributed by atoms with Crippen LogP contribution in [-0.4, -0.2) is 21.5 Å². The molecule has 0 bridgehead atoms. The first-order valence-corrected chi connectivity index (χ1v) is 7.90. The highest BCUT2D eigenvalue weighted by Crippen LogP contribution is 2.24. The molecule has 0 unspecified atom stereocenters. The third kappa shape index (κ3) is 3.48. The second kappa shape index (κ2) is 6.33. The van der Waals surface area contributed by atoms with E-state index in [0.717, 1.165) is 24.8 Å². The van der Waals surface area contributed by atoms with Crippen molar-refractivity contribution < 1.29 is 26.7 Å². The lowest BCUT2D eigenvalue weighted by Gasteiger charge is -2.11. The van der Waals surface area contributed by atoms with E-state index in [1.165, 1.54) is 12.1 Å². The zero-order valence-electron chi connectivity index (χ0n) is 12.3. The monoisotopic (exact) mass is 341 g/mol. The van der Waals surface area contributed by atoms with Gasteiger partial charge in [0.1, 0.15) is 0 Å². The number of esters is 1. The molecule has 0 aromatic heterocycles. The number of aryl methyl sites for hydroxylation is 1. The van der Waals surface area contributed by atoms with Crippen molar-refractivity contribution in [1.82, 2.24) is 0 Å². The van der Waals surface area contributed by atoms with Crippen LogP contribution >= 0.6 is 0 Å². The Bertz CT molecular complexity index is 849. The van der Waals surface area contributed by atoms with Crippen LogP contribution in [0.2, 0.25) is 0 Å². The van der Waals surface area contributed by atoms with Gasteiger partial charge in [-0.05, 0) is 31.2 Å². The number of carbonyl (C=O) groups is 1. The van der Waals surface area contributed by atoms with Gasteiger partial charge in [0.05, 0.1) is 23.3 Å². The van der Waals surface area contributed by atoms with E-state index in [1.807, 2.05) is 4.72 Å². The molecule has 0 spiro atoms. The molecule has 1 N–H and O–H groups in total. The van der Waals surface area contributed by atoms with Gasteiger partial charge in [-0.3, -0.25) is 4.72 Å². The number of nitrogens with one attached hydrogen (secondary N) is 1. The summed E-state index contributed by atoms with van der Waals surface area (Å²) in [5.41, 5.74) is -0.373. The number of benzene rings is 2. The van der Waals surface area contributed by atoms with Crippen molar-refractivity contribution in [2.75, 3.05) is 11.8 Å². The van der Waals surface area contributed by atoms with Crippen molar-refractivity contribution in [1.29, 1.82) is 0 Å². The van der Waals surface area contributed by atoms with Crippen LogP contribution in [0.25, 0.3) is 0 Å². The fraction of sp³-hybridized carbons (Fsp3) is 0.133. The summed E-state index contributed by atoms with van der Waals surface area (Å²) >= 11 is 0. The highest BCUT2D eigenvalue weighted by molar-refractivity contribution is 7.92. The van der Waals surface area contributed by atoms with Crippen molar-refractivity contribution in [2.45, 2.75) is 11.8 Å². The van der Waals surface area contributed by atoms with Crippen molar-refractivity contribution >= 4 is 21.7 Å². The molecule has 8 heteroatoms. The van der Waals surface area contributed by atoms with E-state index in [0.29, 0.717) is 0 Å². The van der Waals surface area contributed by atoms with Gasteiger partial charge in [0.25, 0.3) is 10.0 Å². The summed E-state index contributed by atoms with van der Waals surface area (Å²) in [6.07, 6.45) is 0. The Labute approximate surface area is 132 Å². The highest BCUT2D eigenvalue weighted by atomic mass is 32.2. The molecule has 0 radical (unpaired) electrons. The van der Waals surface area contributed by atoms with Crippen molar-refractivity contribution in [3.8, 4) is 0 Å². The minimum absolute atomic E-state index is 0.0973. The Morgan fingerprint density at radius 2 is 1.65 bits per heavy atom. The van der Waals surface area contributed by atoms with Crippen molar-refractivity contribution in [3.05, 3.63) is 59.2 Å². The molecular formula is C15H13F2NO4S. The molecule has 0 fully saturated rings. The number of methoxy groups -OCH3 is 1. The zero-order valence-corrected chi connectivity index (χ0v) is 13.1. The maximum absolute atomic E-state index is 14.0. The van der Waals surface area contributed by atoms with E-state index in [9.17, 15) is 22.0 Å². The third-order valence-electron chi connectivity index (χ3n) is 3.06. The van der Waals surface area contributed by atoms with Gasteiger partial charge in [-0.1, -0.05) is 17.7 Å². The first-order chi connectivity index (χ1) is 10.8. The summed E-state index contributed by atoms with van der Waals surface area (Å²) in [7, 11) is -3.06. The predicted molar refractivity (Wildman–Crippen MR) is 79.7 cm³/mol. The van der Waals surface area contributed by atoms with Crippen LogP contribution in [0.5, 0.6) is 0 Å². The number of carbonyl (C=O) groups excluding carboxylic acids is 1. The summed E-state index contributed by atoms with van der Waals surface area (Å²) in [4.78, 5) is 11.2. The topological polar surface area (TPSA) is 72.5 Å². The molecule has 0 heterocycles. The number of ether oxygens (including phenoxy) is 1. The molecular weight excluding hydrogens is 328 g/mol. The standard InChI is InChI=1S/C15H13F2NO4S/c1-9-3-5-10(6-4-9)23(20,21)18-12-8-7-11(15(19)22-2)13(16)14(12)17/h3-8,18H,1-2H3. The third-order valence-corrected chi connectivity index (χ3v) is 4.44. The van der Waals surface area contributed by atoms with Gasteiger partial charge in [-0.15, -0.1) is 0 Å². The Balaban J connectivity index is 2.38. The molecule has 0 aliphatic carbocycles. The maximum atomic E-state index is 14.0. The van der Waals surface area contributed by atoms with E-state index in [2.05, 4.69) is 4.74 Å². The number of hydrogen-bond acceptors (Lipinski definition) is 4. The van der Waals surface area contributed by atoms with Crippen LogP contribution in [0, 0.1) is 18.6 Å². The summed E-state index contributed by atoms with van der Waals surface area (Å²) < 4.78 is 58.4. The number of hydrogen-bond donors (Lipinski definition) is 1. The van der Waals surface area contributed by atoms with Crippen LogP contribution in [0.15, 0.2) is 41.3 Å². The molecule has 0 aliphatic heterocycles. The molecule has 122 valence electrons. The SMILES string of the molecule is COC(=O)c1ccc(NS(=O)(=O)c2ccc(C)cc2)c(F)c1F. The Morgan fingerprint density at radius 3 is 2.22 bits per heavy atom. The van der Waals surface area contributed by atoms with Gasteiger partial charge in [-0.25, -0.2) is 22.0 Å². The van der Waals surface area contributed by atoms with E-state index < -0.39 is 38.9 Å². The number of halogens is 2. The van der Waals surface area contributed by atoms with Crippen molar-refractivity contribution in [2.24, 2.45) is 0 Å². The number of rotatable bonds is 4. The largest absolute Gasteiger partial charge is 0.465 e. The van der Waals surface area contributed by atoms with E-state index in [4.69, 9.17) is 0 Å². The lowest BCUT2D eigenvalue weighted by Crippen LogP contribution is -2.15. The van der Waals surface area contributed by atoms with E-state index in [-0.39, 0.29) is 4.90 Å². The molecule has 0 saturated carbocycles. The smallest absolute Gasteiger partial charge is 0.340 e. The normalized spacial score (nSPS) is 11.1. The predicted octanol–water partition coefficient (Wildman–Crippen LogP) is 2.86. The van der Waals surface area contributed by atoms with Gasteiger partial charge in [-0.2, -0.15) is 0 Å². The summed E-state index contributed by atoms with van der Waals surface area (Å²) in [5.74, 6) is -4.03. The van der Waals surface area contributed by atoms with Gasteiger partial charge < -0.3 is 4.74 Å². The summed E-state index contributed by atoms with van der Waals surface area (Å²) in [6, 6.07) is 7.73. The minimum Gasteiger partial charge on any atom is -0.465 e. The second-order valence-electron chi connectivity index (χ2n) is 4.70. The fourth-order valence-electron chi connectivity index (χ4n) is 1.82. The van der Waals surface area contributed by atoms with Crippen LogP contribution in [0.3, 0.4) is 0 Å². The van der Waals surface area contributed by atoms with E-state index in [1.54, 1.807) is 19.1 Å². The van der Waals surface area contributed by atoms with Crippen molar-refractivity contribution in [3.63, 3.8) is 0 Å². The molecule has 2 aromatic rings. The lowest BCUT2D eigenvalue weighted by atomic mass is 10.2. The number of anilines is 1. The second-order valence-corrected chi connectivity index (χ2v) is 6.38. The first-order valence-electron chi connectivity index (χ1n) is 6.42. The average Bonchev–Trinajstić information content (AvgIpc) is 2.51. The molecule has 0 aliphatic rings. The van der Waals surface area contributed by atoms with Gasteiger partial charge in [0, 0.05) is 0 Å². The quantitative estimate of drug-likeness (QED) is 0.868. The van der Waals surface area contributed by atoms with E-state index >= 15 is 0 Å². The van der Waals surface area contributed by atoms with Gasteiger partial charge in [0.15, 0.2) is 11.6 Å². The lowest BCUT2D eigenvalue weighted by molar-refractivity contribution is 0.0594. The summed E-state index contributed by atoms with van der Waals surface area (Å²) in [6.45, 7) is 1.78. The highest BCUT2D eigenvalue weighted by Gasteiger charge is 2.22. The average molecular weight is 341 g/mol. The number of sulfonamides is 1. The van der Waals surface area contributed by atoms with Crippen LogP contribution in [-0.2, 0) is 14.8 Å². The van der Waals surface area contributed by atoms with Gasteiger partial charge >= 0.3 is 5.97 Å². The molecule has 2 aromatic carbocycles.